The Balaban J connectivity index is 1.68. The van der Waals surface area contributed by atoms with Gasteiger partial charge in [-0.25, -0.2) is 5.10 Å². The van der Waals surface area contributed by atoms with Crippen molar-refractivity contribution in [2.45, 2.75) is 6.61 Å². The highest BCUT2D eigenvalue weighted by Crippen LogP contribution is 2.28. The van der Waals surface area contributed by atoms with Crippen LogP contribution in [0.3, 0.4) is 0 Å². The highest BCUT2D eigenvalue weighted by atomic mass is 79.9. The Morgan fingerprint density at radius 1 is 1.22 bits per heavy atom. The molecule has 0 atom stereocenters. The van der Waals surface area contributed by atoms with Gasteiger partial charge in [0.15, 0.2) is 11.5 Å². The zero-order chi connectivity index (χ0) is 19.1. The Labute approximate surface area is 164 Å². The van der Waals surface area contributed by atoms with Crippen molar-refractivity contribution in [2.24, 2.45) is 5.10 Å². The molecule has 0 unspecified atom stereocenters. The molecular weight excluding hydrogens is 412 g/mol. The number of halogens is 1. The van der Waals surface area contributed by atoms with Crippen LogP contribution in [0.1, 0.15) is 11.1 Å². The predicted molar refractivity (Wildman–Crippen MR) is 108 cm³/mol. The molecule has 0 aliphatic rings. The van der Waals surface area contributed by atoms with E-state index < -0.39 is 0 Å². The average Bonchev–Trinajstić information content (AvgIpc) is 2.70. The third-order valence-corrected chi connectivity index (χ3v) is 4.41. The quantitative estimate of drug-likeness (QED) is 0.443. The van der Waals surface area contributed by atoms with Gasteiger partial charge in [-0.2, -0.15) is 10.2 Å². The van der Waals surface area contributed by atoms with E-state index in [-0.39, 0.29) is 5.56 Å². The topological polar surface area (TPSA) is 88.6 Å². The van der Waals surface area contributed by atoms with E-state index in [0.717, 1.165) is 11.1 Å². The van der Waals surface area contributed by atoms with Gasteiger partial charge in [0.1, 0.15) is 11.1 Å². The Morgan fingerprint density at radius 2 is 2.04 bits per heavy atom. The first-order valence-electron chi connectivity index (χ1n) is 8.04. The lowest BCUT2D eigenvalue weighted by Gasteiger charge is -2.11. The number of H-pyrrole nitrogens is 1. The van der Waals surface area contributed by atoms with E-state index >= 15 is 0 Å². The number of aromatic amines is 1. The Bertz CT molecular complexity index is 990. The maximum Gasteiger partial charge on any atom is 0.280 e. The van der Waals surface area contributed by atoms with E-state index in [9.17, 15) is 4.79 Å². The maximum atomic E-state index is 11.5. The molecule has 1 aromatic heterocycles. The summed E-state index contributed by atoms with van der Waals surface area (Å²) in [6.07, 6.45) is 3.07. The second kappa shape index (κ2) is 9.00. The molecule has 27 heavy (non-hydrogen) atoms. The van der Waals surface area contributed by atoms with Crippen molar-refractivity contribution in [2.75, 3.05) is 12.5 Å². The Kier molecular flexibility index (Phi) is 6.22. The van der Waals surface area contributed by atoms with Crippen LogP contribution in [0.5, 0.6) is 11.5 Å². The first-order valence-corrected chi connectivity index (χ1v) is 8.83. The summed E-state index contributed by atoms with van der Waals surface area (Å²) in [6.45, 7) is 0.454. The van der Waals surface area contributed by atoms with Gasteiger partial charge in [0, 0.05) is 0 Å². The lowest BCUT2D eigenvalue weighted by atomic mass is 10.2. The fraction of sp³-hybridized carbons (Fsp3) is 0.105. The van der Waals surface area contributed by atoms with Gasteiger partial charge >= 0.3 is 0 Å². The summed E-state index contributed by atoms with van der Waals surface area (Å²) in [5, 5.41) is 10.2. The van der Waals surface area contributed by atoms with Gasteiger partial charge in [0.25, 0.3) is 5.56 Å². The molecule has 0 amide bonds. The number of hydrogen-bond donors (Lipinski definition) is 2. The zero-order valence-corrected chi connectivity index (χ0v) is 16.1. The van der Waals surface area contributed by atoms with E-state index in [4.69, 9.17) is 9.47 Å². The monoisotopic (exact) mass is 428 g/mol. The van der Waals surface area contributed by atoms with E-state index in [2.05, 4.69) is 36.7 Å². The molecule has 0 spiro atoms. The number of nitrogens with one attached hydrogen (secondary N) is 2. The van der Waals surface area contributed by atoms with Crippen LogP contribution in [0, 0.1) is 0 Å². The van der Waals surface area contributed by atoms with Crippen LogP contribution in [0.2, 0.25) is 0 Å². The molecule has 2 aromatic carbocycles. The smallest absolute Gasteiger partial charge is 0.280 e. The minimum atomic E-state index is -0.336. The van der Waals surface area contributed by atoms with Crippen LogP contribution in [-0.2, 0) is 6.61 Å². The predicted octanol–water partition coefficient (Wildman–Crippen LogP) is 3.57. The summed E-state index contributed by atoms with van der Waals surface area (Å²) < 4.78 is 11.6. The number of hydrazone groups is 1. The van der Waals surface area contributed by atoms with Crippen LogP contribution < -0.4 is 20.5 Å². The third kappa shape index (κ3) is 4.95. The highest BCUT2D eigenvalue weighted by Gasteiger charge is 2.06. The molecule has 0 saturated carbocycles. The van der Waals surface area contributed by atoms with Crippen LogP contribution in [0.15, 0.2) is 69.1 Å². The van der Waals surface area contributed by atoms with Crippen molar-refractivity contribution >= 4 is 27.8 Å². The summed E-state index contributed by atoms with van der Waals surface area (Å²) >= 11 is 3.18. The van der Waals surface area contributed by atoms with E-state index in [1.165, 1.54) is 6.20 Å². The number of rotatable bonds is 7. The molecule has 7 nitrogen and oxygen atoms in total. The molecule has 0 aliphatic carbocycles. The molecule has 138 valence electrons. The fourth-order valence-electron chi connectivity index (χ4n) is 2.26. The minimum absolute atomic E-state index is 0.330. The molecule has 0 aliphatic heterocycles. The van der Waals surface area contributed by atoms with Gasteiger partial charge in [-0.3, -0.25) is 10.2 Å². The Morgan fingerprint density at radius 3 is 2.81 bits per heavy atom. The lowest BCUT2D eigenvalue weighted by molar-refractivity contribution is 0.284. The number of anilines is 1. The van der Waals surface area contributed by atoms with Crippen LogP contribution in [0.4, 0.5) is 5.69 Å². The number of methoxy groups -OCH3 is 1. The van der Waals surface area contributed by atoms with E-state index in [1.807, 2.05) is 48.5 Å². The van der Waals surface area contributed by atoms with Gasteiger partial charge in [0.2, 0.25) is 0 Å². The molecule has 0 bridgehead atoms. The first kappa shape index (κ1) is 18.7. The summed E-state index contributed by atoms with van der Waals surface area (Å²) in [6, 6.07) is 15.4. The average molecular weight is 429 g/mol. The lowest BCUT2D eigenvalue weighted by Crippen LogP contribution is -2.10. The van der Waals surface area contributed by atoms with Gasteiger partial charge in [-0.1, -0.05) is 30.3 Å². The van der Waals surface area contributed by atoms with Crippen molar-refractivity contribution in [1.82, 2.24) is 10.2 Å². The summed E-state index contributed by atoms with van der Waals surface area (Å²) in [5.41, 5.74) is 4.78. The van der Waals surface area contributed by atoms with Gasteiger partial charge in [0.05, 0.1) is 25.2 Å². The van der Waals surface area contributed by atoms with Gasteiger partial charge < -0.3 is 9.47 Å². The molecule has 1 heterocycles. The molecule has 0 saturated heterocycles. The van der Waals surface area contributed by atoms with E-state index in [0.29, 0.717) is 28.3 Å². The molecule has 8 heteroatoms. The number of nitrogens with zero attached hydrogens (tertiary/aromatic N) is 2. The van der Waals surface area contributed by atoms with Crippen LogP contribution >= 0.6 is 15.9 Å². The van der Waals surface area contributed by atoms with Gasteiger partial charge in [-0.05, 0) is 45.3 Å². The van der Waals surface area contributed by atoms with Crippen molar-refractivity contribution in [3.8, 4) is 11.5 Å². The van der Waals surface area contributed by atoms with Crippen molar-refractivity contribution < 1.29 is 9.47 Å². The molecule has 3 rings (SSSR count). The Hall–Kier alpha value is -3.13. The largest absolute Gasteiger partial charge is 0.493 e. The molecular formula is C19H17BrN4O3. The summed E-state index contributed by atoms with van der Waals surface area (Å²) in [4.78, 5) is 11.5. The molecule has 3 aromatic rings. The zero-order valence-electron chi connectivity index (χ0n) is 14.5. The van der Waals surface area contributed by atoms with Crippen molar-refractivity contribution in [3.63, 3.8) is 0 Å². The number of ether oxygens (including phenoxy) is 2. The summed E-state index contributed by atoms with van der Waals surface area (Å²) in [5.74, 6) is 1.25. The maximum absolute atomic E-state index is 11.5. The fourth-order valence-corrected chi connectivity index (χ4v) is 2.54. The SMILES string of the molecule is COc1cc(/C=N/Nc2cn[nH]c(=O)c2Br)ccc1OCc1ccccc1. The number of hydrogen-bond acceptors (Lipinski definition) is 6. The molecule has 0 radical (unpaired) electrons. The molecule has 2 N–H and O–H groups in total. The van der Waals surface area contributed by atoms with Crippen LogP contribution in [0.25, 0.3) is 0 Å². The standard InChI is InChI=1S/C19H17BrN4O3/c1-26-17-9-14(10-21-23-15-11-22-24-19(25)18(15)20)7-8-16(17)27-12-13-5-3-2-4-6-13/h2-11H,12H2,1H3,(H2,23,24,25)/b21-10+. The summed E-state index contributed by atoms with van der Waals surface area (Å²) in [7, 11) is 1.59. The second-order valence-corrected chi connectivity index (χ2v) is 6.27. The highest BCUT2D eigenvalue weighted by molar-refractivity contribution is 9.10. The number of aromatic nitrogens is 2. The molecule has 0 fully saturated rings. The minimum Gasteiger partial charge on any atom is -0.493 e. The number of benzene rings is 2. The van der Waals surface area contributed by atoms with Crippen LogP contribution in [-0.4, -0.2) is 23.5 Å². The van der Waals surface area contributed by atoms with Gasteiger partial charge in [-0.15, -0.1) is 0 Å². The van der Waals surface area contributed by atoms with E-state index in [1.54, 1.807) is 13.3 Å². The van der Waals surface area contributed by atoms with Crippen molar-refractivity contribution in [1.29, 1.82) is 0 Å². The second-order valence-electron chi connectivity index (χ2n) is 5.48. The van der Waals surface area contributed by atoms with Crippen molar-refractivity contribution in [3.05, 3.63) is 80.7 Å². The normalized spacial score (nSPS) is 10.7. The first-order chi connectivity index (χ1) is 13.2. The third-order valence-electron chi connectivity index (χ3n) is 3.62.